The average molecular weight is 348 g/mol. The van der Waals surface area contributed by atoms with Gasteiger partial charge in [0.1, 0.15) is 0 Å². The highest BCUT2D eigenvalue weighted by atomic mass is 79.9. The van der Waals surface area contributed by atoms with Crippen molar-refractivity contribution >= 4 is 21.7 Å². The van der Waals surface area contributed by atoms with Gasteiger partial charge in [0.05, 0.1) is 28.3 Å². The van der Waals surface area contributed by atoms with Crippen molar-refractivity contribution in [3.63, 3.8) is 0 Å². The minimum atomic E-state index is -0.211. The van der Waals surface area contributed by atoms with E-state index in [1.807, 2.05) is 32.2 Å². The lowest BCUT2D eigenvalue weighted by Gasteiger charge is -2.25. The van der Waals surface area contributed by atoms with Crippen molar-refractivity contribution in [3.05, 3.63) is 51.3 Å². The smallest absolute Gasteiger partial charge is 0.160 e. The molecule has 1 unspecified atom stereocenters. The summed E-state index contributed by atoms with van der Waals surface area (Å²) >= 11 is 3.53. The second-order valence-electron chi connectivity index (χ2n) is 5.45. The van der Waals surface area contributed by atoms with E-state index < -0.39 is 0 Å². The maximum absolute atomic E-state index is 12.7. The molecule has 1 aromatic heterocycles. The molecule has 0 radical (unpaired) electrons. The lowest BCUT2D eigenvalue weighted by molar-refractivity contribution is -0.120. The number of benzene rings is 1. The Morgan fingerprint density at radius 2 is 2.24 bits per heavy atom. The molecule has 1 N–H and O–H groups in total. The van der Waals surface area contributed by atoms with Crippen LogP contribution in [0.3, 0.4) is 0 Å². The van der Waals surface area contributed by atoms with E-state index in [0.29, 0.717) is 6.42 Å². The normalized spacial score (nSPS) is 17.6. The summed E-state index contributed by atoms with van der Waals surface area (Å²) < 4.78 is 2.72. The minimum Gasteiger partial charge on any atom is -0.303 e. The molecule has 1 aromatic carbocycles. The Balaban J connectivity index is 1.87. The summed E-state index contributed by atoms with van der Waals surface area (Å²) in [6.45, 7) is 2.78. The van der Waals surface area contributed by atoms with Gasteiger partial charge in [0, 0.05) is 13.6 Å². The summed E-state index contributed by atoms with van der Waals surface area (Å²) in [4.78, 5) is 12.7. The predicted molar refractivity (Wildman–Crippen MR) is 85.2 cm³/mol. The van der Waals surface area contributed by atoms with E-state index in [2.05, 4.69) is 32.4 Å². The maximum Gasteiger partial charge on any atom is 0.160 e. The number of carbonyl (C=O) groups excluding carboxylic acids is 1. The van der Waals surface area contributed by atoms with Crippen molar-refractivity contribution in [2.24, 2.45) is 7.05 Å². The van der Waals surface area contributed by atoms with Crippen molar-refractivity contribution in [2.45, 2.75) is 25.8 Å². The van der Waals surface area contributed by atoms with Crippen LogP contribution >= 0.6 is 15.9 Å². The lowest BCUT2D eigenvalue weighted by Crippen LogP contribution is -2.36. The van der Waals surface area contributed by atoms with Gasteiger partial charge in [-0.25, -0.2) is 0 Å². The zero-order chi connectivity index (χ0) is 15.0. The fourth-order valence-corrected chi connectivity index (χ4v) is 3.41. The van der Waals surface area contributed by atoms with Crippen LogP contribution in [0.5, 0.6) is 0 Å². The molecule has 0 fully saturated rings. The van der Waals surface area contributed by atoms with E-state index in [4.69, 9.17) is 0 Å². The van der Waals surface area contributed by atoms with Crippen molar-refractivity contribution < 1.29 is 4.79 Å². The number of rotatable bonds is 3. The molecule has 110 valence electrons. The monoisotopic (exact) mass is 347 g/mol. The molecule has 0 amide bonds. The summed E-state index contributed by atoms with van der Waals surface area (Å²) in [5.41, 5.74) is 4.23. The number of aryl methyl sites for hydroxylation is 2. The number of hydrogen-bond donors (Lipinski definition) is 1. The fourth-order valence-electron chi connectivity index (χ4n) is 2.93. The third-order valence-electron chi connectivity index (χ3n) is 4.03. The molecule has 1 aliphatic rings. The first kappa shape index (κ1) is 14.5. The number of fused-ring (bicyclic) bond motifs is 1. The van der Waals surface area contributed by atoms with Crippen molar-refractivity contribution in [3.8, 4) is 0 Å². The summed E-state index contributed by atoms with van der Waals surface area (Å²) in [7, 11) is 1.88. The molecule has 0 saturated carbocycles. The first-order chi connectivity index (χ1) is 10.1. The number of halogens is 1. The first-order valence-corrected chi connectivity index (χ1v) is 7.89. The highest BCUT2D eigenvalue weighted by Gasteiger charge is 2.27. The Bertz CT molecular complexity index is 693. The van der Waals surface area contributed by atoms with E-state index in [1.54, 1.807) is 4.68 Å². The molecule has 1 aliphatic heterocycles. The highest BCUT2D eigenvalue weighted by molar-refractivity contribution is 9.10. The predicted octanol–water partition coefficient (Wildman–Crippen LogP) is 2.49. The van der Waals surface area contributed by atoms with Crippen LogP contribution in [-0.2, 0) is 24.7 Å². The van der Waals surface area contributed by atoms with E-state index in [9.17, 15) is 4.79 Å². The summed E-state index contributed by atoms with van der Waals surface area (Å²) in [6, 6.07) is 7.98. The van der Waals surface area contributed by atoms with Gasteiger partial charge in [0.15, 0.2) is 5.78 Å². The van der Waals surface area contributed by atoms with Gasteiger partial charge in [-0.15, -0.1) is 0 Å². The van der Waals surface area contributed by atoms with Crippen LogP contribution in [-0.4, -0.2) is 22.1 Å². The van der Waals surface area contributed by atoms with Crippen molar-refractivity contribution in [1.82, 2.24) is 15.1 Å². The van der Waals surface area contributed by atoms with Crippen LogP contribution in [0.15, 0.2) is 28.7 Å². The van der Waals surface area contributed by atoms with Gasteiger partial charge in [-0.05, 0) is 40.4 Å². The summed E-state index contributed by atoms with van der Waals surface area (Å²) in [5, 5.41) is 7.70. The quantitative estimate of drug-likeness (QED) is 0.927. The largest absolute Gasteiger partial charge is 0.303 e. The summed E-state index contributed by atoms with van der Waals surface area (Å²) in [5.74, 6) is 0.186. The molecule has 0 spiro atoms. The standard InChI is InChI=1S/C16H18BrN3O/c1-10-15(17)13(20(2)19-10)9-14(21)16-12-6-4-3-5-11(12)7-8-18-16/h3-6,16,18H,7-9H2,1-2H3. The second-order valence-corrected chi connectivity index (χ2v) is 6.24. The molecule has 3 rings (SSSR count). The topological polar surface area (TPSA) is 46.9 Å². The SMILES string of the molecule is Cc1nn(C)c(CC(=O)C2NCCc3ccccc32)c1Br. The number of aromatic nitrogens is 2. The fraction of sp³-hybridized carbons (Fsp3) is 0.375. The van der Waals surface area contributed by atoms with Crippen LogP contribution < -0.4 is 5.32 Å². The third-order valence-corrected chi connectivity index (χ3v) is 5.07. The van der Waals surface area contributed by atoms with Crippen LogP contribution in [0.25, 0.3) is 0 Å². The minimum absolute atomic E-state index is 0.186. The molecular weight excluding hydrogens is 330 g/mol. The third kappa shape index (κ3) is 2.68. The van der Waals surface area contributed by atoms with Gasteiger partial charge in [-0.1, -0.05) is 24.3 Å². The Morgan fingerprint density at radius 1 is 1.48 bits per heavy atom. The van der Waals surface area contributed by atoms with Crippen LogP contribution in [0.2, 0.25) is 0 Å². The number of nitrogens with zero attached hydrogens (tertiary/aromatic N) is 2. The van der Waals surface area contributed by atoms with Gasteiger partial charge in [-0.3, -0.25) is 9.48 Å². The molecule has 0 bridgehead atoms. The summed E-state index contributed by atoms with van der Waals surface area (Å²) in [6.07, 6.45) is 1.36. The zero-order valence-electron chi connectivity index (χ0n) is 12.2. The van der Waals surface area contributed by atoms with E-state index >= 15 is 0 Å². The van der Waals surface area contributed by atoms with Gasteiger partial charge >= 0.3 is 0 Å². The van der Waals surface area contributed by atoms with E-state index in [1.165, 1.54) is 5.56 Å². The Morgan fingerprint density at radius 3 is 2.95 bits per heavy atom. The Hall–Kier alpha value is -1.46. The number of ketones is 1. The second kappa shape index (κ2) is 5.73. The number of nitrogens with one attached hydrogen (secondary N) is 1. The molecule has 5 heteroatoms. The number of Topliss-reactive ketones (excluding diaryl/α,β-unsaturated/α-hetero) is 1. The lowest BCUT2D eigenvalue weighted by atomic mass is 9.90. The Labute approximate surface area is 132 Å². The maximum atomic E-state index is 12.7. The number of carbonyl (C=O) groups is 1. The molecule has 2 aromatic rings. The molecule has 4 nitrogen and oxygen atoms in total. The molecule has 21 heavy (non-hydrogen) atoms. The van der Waals surface area contributed by atoms with Gasteiger partial charge < -0.3 is 5.32 Å². The van der Waals surface area contributed by atoms with Crippen LogP contribution in [0, 0.1) is 6.92 Å². The average Bonchev–Trinajstić information content (AvgIpc) is 2.73. The van der Waals surface area contributed by atoms with Crippen LogP contribution in [0.1, 0.15) is 28.6 Å². The van der Waals surface area contributed by atoms with Crippen molar-refractivity contribution in [2.75, 3.05) is 6.54 Å². The molecular formula is C16H18BrN3O. The number of hydrogen-bond acceptors (Lipinski definition) is 3. The molecule has 0 aliphatic carbocycles. The van der Waals surface area contributed by atoms with Gasteiger partial charge in [0.25, 0.3) is 0 Å². The van der Waals surface area contributed by atoms with Crippen molar-refractivity contribution in [1.29, 1.82) is 0 Å². The van der Waals surface area contributed by atoms with Crippen LogP contribution in [0.4, 0.5) is 0 Å². The Kier molecular flexibility index (Phi) is 3.95. The van der Waals surface area contributed by atoms with E-state index in [-0.39, 0.29) is 11.8 Å². The molecule has 2 heterocycles. The van der Waals surface area contributed by atoms with E-state index in [0.717, 1.165) is 34.4 Å². The molecule has 1 atom stereocenters. The van der Waals surface area contributed by atoms with Gasteiger partial charge in [0.2, 0.25) is 0 Å². The molecule has 0 saturated heterocycles. The highest BCUT2D eigenvalue weighted by Crippen LogP contribution is 2.27. The first-order valence-electron chi connectivity index (χ1n) is 7.10. The van der Waals surface area contributed by atoms with Gasteiger partial charge in [-0.2, -0.15) is 5.10 Å². The zero-order valence-corrected chi connectivity index (χ0v) is 13.8.